The van der Waals surface area contributed by atoms with E-state index < -0.39 is 5.97 Å². The average Bonchev–Trinajstić information content (AvgIpc) is 3.27. The molecule has 0 saturated carbocycles. The van der Waals surface area contributed by atoms with E-state index >= 15 is 0 Å². The van der Waals surface area contributed by atoms with Gasteiger partial charge in [0.05, 0.1) is 11.4 Å². The Balaban J connectivity index is 1.51. The van der Waals surface area contributed by atoms with Gasteiger partial charge in [-0.1, -0.05) is 17.7 Å². The third kappa shape index (κ3) is 3.96. The number of aryl methyl sites for hydroxylation is 1. The first-order chi connectivity index (χ1) is 14.3. The molecular formula is C22H24ClN3O3S. The van der Waals surface area contributed by atoms with Crippen molar-refractivity contribution in [2.75, 3.05) is 6.61 Å². The second-order valence-corrected chi connectivity index (χ2v) is 9.28. The molecule has 0 radical (unpaired) electrons. The molecule has 8 heteroatoms. The summed E-state index contributed by atoms with van der Waals surface area (Å²) in [5.41, 5.74) is 1.64. The van der Waals surface area contributed by atoms with Crippen LogP contribution in [0.25, 0.3) is 15.9 Å². The van der Waals surface area contributed by atoms with Gasteiger partial charge in [0.2, 0.25) is 0 Å². The van der Waals surface area contributed by atoms with Crippen molar-refractivity contribution in [1.82, 2.24) is 14.7 Å². The Labute approximate surface area is 184 Å². The number of nitrogens with zero attached hydrogens (tertiary/aromatic N) is 3. The Morgan fingerprint density at radius 3 is 2.67 bits per heavy atom. The van der Waals surface area contributed by atoms with Crippen LogP contribution in [0.1, 0.15) is 48.5 Å². The average molecular weight is 446 g/mol. The zero-order valence-corrected chi connectivity index (χ0v) is 18.8. The van der Waals surface area contributed by atoms with Crippen LogP contribution in [0.2, 0.25) is 5.02 Å². The van der Waals surface area contributed by atoms with E-state index in [-0.39, 0.29) is 24.6 Å². The number of esters is 1. The van der Waals surface area contributed by atoms with Crippen LogP contribution in [0.5, 0.6) is 0 Å². The molecule has 6 nitrogen and oxygen atoms in total. The maximum absolute atomic E-state index is 12.6. The summed E-state index contributed by atoms with van der Waals surface area (Å²) in [6.07, 6.45) is 3.09. The first-order valence-electron chi connectivity index (χ1n) is 10.1. The van der Waals surface area contributed by atoms with Crippen molar-refractivity contribution < 1.29 is 14.3 Å². The van der Waals surface area contributed by atoms with Crippen molar-refractivity contribution in [2.24, 2.45) is 0 Å². The highest BCUT2D eigenvalue weighted by atomic mass is 35.5. The van der Waals surface area contributed by atoms with E-state index in [9.17, 15) is 9.59 Å². The van der Waals surface area contributed by atoms with Gasteiger partial charge in [0.1, 0.15) is 9.71 Å². The van der Waals surface area contributed by atoms with E-state index in [0.717, 1.165) is 40.9 Å². The van der Waals surface area contributed by atoms with Crippen LogP contribution in [0.3, 0.4) is 0 Å². The molecule has 2 unspecified atom stereocenters. The van der Waals surface area contributed by atoms with Crippen LogP contribution < -0.4 is 0 Å². The van der Waals surface area contributed by atoms with E-state index in [1.807, 2.05) is 43.9 Å². The van der Waals surface area contributed by atoms with Gasteiger partial charge in [-0.2, -0.15) is 5.10 Å². The Kier molecular flexibility index (Phi) is 5.84. The quantitative estimate of drug-likeness (QED) is 0.530. The molecule has 0 aliphatic carbocycles. The summed E-state index contributed by atoms with van der Waals surface area (Å²) in [5.74, 6) is -0.621. The molecule has 4 rings (SSSR count). The van der Waals surface area contributed by atoms with Crippen LogP contribution in [-0.2, 0) is 9.53 Å². The van der Waals surface area contributed by atoms with Crippen molar-refractivity contribution in [3.8, 4) is 5.69 Å². The minimum absolute atomic E-state index is 0.134. The summed E-state index contributed by atoms with van der Waals surface area (Å²) < 4.78 is 7.15. The Hall–Kier alpha value is -2.38. The van der Waals surface area contributed by atoms with Gasteiger partial charge >= 0.3 is 5.97 Å². The molecule has 1 amide bonds. The van der Waals surface area contributed by atoms with Gasteiger partial charge in [-0.05, 0) is 64.3 Å². The van der Waals surface area contributed by atoms with Gasteiger partial charge in [0.25, 0.3) is 5.91 Å². The molecular weight excluding hydrogens is 422 g/mol. The van der Waals surface area contributed by atoms with Crippen molar-refractivity contribution in [3.05, 3.63) is 45.9 Å². The van der Waals surface area contributed by atoms with Gasteiger partial charge in [0.15, 0.2) is 6.61 Å². The van der Waals surface area contributed by atoms with Crippen LogP contribution in [0.15, 0.2) is 30.3 Å². The fraction of sp³-hybridized carbons (Fsp3) is 0.409. The van der Waals surface area contributed by atoms with E-state index in [4.69, 9.17) is 16.3 Å². The molecule has 1 fully saturated rings. The number of aromatic nitrogens is 2. The summed E-state index contributed by atoms with van der Waals surface area (Å²) in [6.45, 7) is 5.76. The number of hydrogen-bond acceptors (Lipinski definition) is 5. The molecule has 3 heterocycles. The van der Waals surface area contributed by atoms with Gasteiger partial charge in [0, 0.05) is 22.5 Å². The molecule has 3 aromatic rings. The van der Waals surface area contributed by atoms with Gasteiger partial charge in [-0.3, -0.25) is 4.79 Å². The Bertz CT molecular complexity index is 1100. The molecule has 0 bridgehead atoms. The standard InChI is InChI=1S/C22H24ClN3O3S/c1-13-6-4-7-14(2)25(13)20(27)12-29-22(28)19-11-18-15(3)24-26(21(18)30-19)17-9-5-8-16(23)10-17/h5,8-11,13-14H,4,6-7,12H2,1-3H3. The molecule has 2 aromatic heterocycles. The van der Waals surface area contributed by atoms with Crippen LogP contribution in [-0.4, -0.2) is 45.2 Å². The lowest BCUT2D eigenvalue weighted by molar-refractivity contribution is -0.140. The maximum Gasteiger partial charge on any atom is 0.348 e. The zero-order valence-electron chi connectivity index (χ0n) is 17.2. The third-order valence-corrected chi connectivity index (χ3v) is 6.93. The van der Waals surface area contributed by atoms with Crippen LogP contribution in [0.4, 0.5) is 0 Å². The number of rotatable bonds is 4. The molecule has 1 aliphatic heterocycles. The van der Waals surface area contributed by atoms with Crippen LogP contribution >= 0.6 is 22.9 Å². The second kappa shape index (κ2) is 8.40. The summed E-state index contributed by atoms with van der Waals surface area (Å²) in [6, 6.07) is 9.53. The molecule has 158 valence electrons. The topological polar surface area (TPSA) is 64.4 Å². The molecule has 0 spiro atoms. The highest BCUT2D eigenvalue weighted by Crippen LogP contribution is 2.31. The van der Waals surface area contributed by atoms with E-state index in [1.165, 1.54) is 11.3 Å². The Morgan fingerprint density at radius 1 is 1.23 bits per heavy atom. The predicted molar refractivity (Wildman–Crippen MR) is 119 cm³/mol. The number of piperidine rings is 1. The van der Waals surface area contributed by atoms with E-state index in [2.05, 4.69) is 5.10 Å². The van der Waals surface area contributed by atoms with Gasteiger partial charge < -0.3 is 9.64 Å². The smallest absolute Gasteiger partial charge is 0.348 e. The number of ether oxygens (including phenoxy) is 1. The van der Waals surface area contributed by atoms with Gasteiger partial charge in [-0.15, -0.1) is 11.3 Å². The first-order valence-corrected chi connectivity index (χ1v) is 11.3. The Morgan fingerprint density at radius 2 is 1.97 bits per heavy atom. The fourth-order valence-electron chi connectivity index (χ4n) is 4.12. The van der Waals surface area contributed by atoms with Crippen molar-refractivity contribution in [3.63, 3.8) is 0 Å². The maximum atomic E-state index is 12.6. The summed E-state index contributed by atoms with van der Waals surface area (Å²) in [5, 5.41) is 6.07. The third-order valence-electron chi connectivity index (χ3n) is 5.61. The number of amides is 1. The largest absolute Gasteiger partial charge is 0.451 e. The highest BCUT2D eigenvalue weighted by Gasteiger charge is 2.29. The van der Waals surface area contributed by atoms with Crippen LogP contribution in [0, 0.1) is 6.92 Å². The summed E-state index contributed by atoms with van der Waals surface area (Å²) >= 11 is 7.42. The number of halogens is 1. The molecule has 1 aliphatic rings. The lowest BCUT2D eigenvalue weighted by atomic mass is 9.97. The molecule has 1 saturated heterocycles. The number of benzene rings is 1. The van der Waals surface area contributed by atoms with Crippen molar-refractivity contribution >= 4 is 45.0 Å². The molecule has 0 N–H and O–H groups in total. The minimum Gasteiger partial charge on any atom is -0.451 e. The number of carbonyl (C=O) groups excluding carboxylic acids is 2. The predicted octanol–water partition coefficient (Wildman–Crippen LogP) is 5.00. The minimum atomic E-state index is -0.487. The SMILES string of the molecule is Cc1nn(-c2cccc(Cl)c2)c2sc(C(=O)OCC(=O)N3C(C)CCCC3C)cc12. The first kappa shape index (κ1) is 20.9. The number of fused-ring (bicyclic) bond motifs is 1. The zero-order chi connectivity index (χ0) is 21.4. The number of thiophene rings is 1. The fourth-order valence-corrected chi connectivity index (χ4v) is 5.38. The van der Waals surface area contributed by atoms with Crippen molar-refractivity contribution in [1.29, 1.82) is 0 Å². The van der Waals surface area contributed by atoms with E-state index in [0.29, 0.717) is 9.90 Å². The number of carbonyl (C=O) groups is 2. The lowest BCUT2D eigenvalue weighted by Gasteiger charge is -2.38. The monoisotopic (exact) mass is 445 g/mol. The summed E-state index contributed by atoms with van der Waals surface area (Å²) in [4.78, 5) is 28.4. The highest BCUT2D eigenvalue weighted by molar-refractivity contribution is 7.20. The molecule has 1 aromatic carbocycles. The molecule has 30 heavy (non-hydrogen) atoms. The van der Waals surface area contributed by atoms with E-state index in [1.54, 1.807) is 16.8 Å². The van der Waals surface area contributed by atoms with Crippen molar-refractivity contribution in [2.45, 2.75) is 52.1 Å². The lowest BCUT2D eigenvalue weighted by Crippen LogP contribution is -2.49. The number of likely N-dealkylation sites (tertiary alicyclic amines) is 1. The molecule has 2 atom stereocenters. The normalized spacial score (nSPS) is 19.3. The van der Waals surface area contributed by atoms with Gasteiger partial charge in [-0.25, -0.2) is 9.48 Å². The number of hydrogen-bond donors (Lipinski definition) is 0. The summed E-state index contributed by atoms with van der Waals surface area (Å²) in [7, 11) is 0. The second-order valence-electron chi connectivity index (χ2n) is 7.81.